The van der Waals surface area contributed by atoms with Gasteiger partial charge in [-0.05, 0) is 45.8 Å². The van der Waals surface area contributed by atoms with Crippen LogP contribution in [0.4, 0.5) is 14.9 Å². The van der Waals surface area contributed by atoms with E-state index >= 15 is 0 Å². The second kappa shape index (κ2) is 6.91. The number of hydrogen-bond acceptors (Lipinski definition) is 1. The fraction of sp³-hybridized carbons (Fsp3) is 0.133. The zero-order chi connectivity index (χ0) is 15.4. The number of hydrogen-bond donors (Lipinski definition) is 1. The van der Waals surface area contributed by atoms with Gasteiger partial charge in [-0.2, -0.15) is 0 Å². The molecule has 2 rings (SSSR count). The highest BCUT2D eigenvalue weighted by Crippen LogP contribution is 2.23. The van der Waals surface area contributed by atoms with Crippen LogP contribution in [-0.4, -0.2) is 18.0 Å². The first-order valence-electron chi connectivity index (χ1n) is 6.18. The third kappa shape index (κ3) is 4.19. The van der Waals surface area contributed by atoms with Gasteiger partial charge in [0.2, 0.25) is 0 Å². The summed E-state index contributed by atoms with van der Waals surface area (Å²) in [6.45, 7) is 0.379. The Bertz CT molecular complexity index is 666. The first-order chi connectivity index (χ1) is 9.97. The van der Waals surface area contributed by atoms with Crippen LogP contribution in [0.5, 0.6) is 0 Å². The van der Waals surface area contributed by atoms with E-state index in [-0.39, 0.29) is 11.8 Å². The Labute approximate surface area is 135 Å². The molecule has 2 aromatic carbocycles. The topological polar surface area (TPSA) is 32.3 Å². The van der Waals surface area contributed by atoms with Crippen LogP contribution >= 0.6 is 27.5 Å². The molecular formula is C15H13BrClFN2O. The number of benzene rings is 2. The van der Waals surface area contributed by atoms with E-state index in [4.69, 9.17) is 11.6 Å². The fourth-order valence-corrected chi connectivity index (χ4v) is 2.40. The Balaban J connectivity index is 2.04. The lowest BCUT2D eigenvalue weighted by Gasteiger charge is -2.19. The number of nitrogens with zero attached hydrogens (tertiary/aromatic N) is 1. The van der Waals surface area contributed by atoms with Crippen molar-refractivity contribution in [2.24, 2.45) is 0 Å². The van der Waals surface area contributed by atoms with Crippen LogP contribution in [0.15, 0.2) is 46.9 Å². The van der Waals surface area contributed by atoms with E-state index in [1.807, 2.05) is 18.2 Å². The van der Waals surface area contributed by atoms with Gasteiger partial charge in [0.1, 0.15) is 5.82 Å². The van der Waals surface area contributed by atoms with Gasteiger partial charge >= 0.3 is 6.03 Å². The zero-order valence-corrected chi connectivity index (χ0v) is 13.6. The first-order valence-corrected chi connectivity index (χ1v) is 7.35. The SMILES string of the molecule is CN(Cc1ccccc1Cl)C(=O)Nc1ccc(F)cc1Br. The molecule has 0 radical (unpaired) electrons. The Hall–Kier alpha value is -1.59. The van der Waals surface area contributed by atoms with Crippen LogP contribution < -0.4 is 5.32 Å². The van der Waals surface area contributed by atoms with Gasteiger partial charge in [0, 0.05) is 23.1 Å². The van der Waals surface area contributed by atoms with E-state index in [0.29, 0.717) is 21.7 Å². The standard InChI is InChI=1S/C15H13BrClFN2O/c1-20(9-10-4-2-3-5-13(10)17)15(21)19-14-7-6-11(18)8-12(14)16/h2-8H,9H2,1H3,(H,19,21). The van der Waals surface area contributed by atoms with E-state index in [0.717, 1.165) is 5.56 Å². The van der Waals surface area contributed by atoms with Crippen molar-refractivity contribution in [1.82, 2.24) is 4.90 Å². The maximum atomic E-state index is 13.0. The van der Waals surface area contributed by atoms with Gasteiger partial charge in [-0.15, -0.1) is 0 Å². The van der Waals surface area contributed by atoms with E-state index in [1.54, 1.807) is 13.1 Å². The summed E-state index contributed by atoms with van der Waals surface area (Å²) in [6.07, 6.45) is 0. The maximum absolute atomic E-state index is 13.0. The number of nitrogens with one attached hydrogen (secondary N) is 1. The Morgan fingerprint density at radius 2 is 2.05 bits per heavy atom. The maximum Gasteiger partial charge on any atom is 0.321 e. The summed E-state index contributed by atoms with van der Waals surface area (Å²) in [4.78, 5) is 13.6. The van der Waals surface area contributed by atoms with Crippen LogP contribution in [0.3, 0.4) is 0 Å². The van der Waals surface area contributed by atoms with Gasteiger partial charge in [0.05, 0.1) is 5.69 Å². The molecule has 1 N–H and O–H groups in total. The summed E-state index contributed by atoms with van der Waals surface area (Å²) >= 11 is 9.28. The third-order valence-corrected chi connectivity index (χ3v) is 3.91. The summed E-state index contributed by atoms with van der Waals surface area (Å²) in [5, 5.41) is 3.32. The molecule has 3 nitrogen and oxygen atoms in total. The fourth-order valence-electron chi connectivity index (χ4n) is 1.76. The lowest BCUT2D eigenvalue weighted by atomic mass is 10.2. The Morgan fingerprint density at radius 3 is 2.71 bits per heavy atom. The minimum atomic E-state index is -0.371. The van der Waals surface area contributed by atoms with Crippen molar-refractivity contribution in [3.63, 3.8) is 0 Å². The minimum absolute atomic E-state index is 0.303. The van der Waals surface area contributed by atoms with E-state index in [9.17, 15) is 9.18 Å². The second-order valence-corrected chi connectivity index (χ2v) is 5.76. The number of carbonyl (C=O) groups is 1. The normalized spacial score (nSPS) is 10.3. The summed E-state index contributed by atoms with van der Waals surface area (Å²) in [6, 6.07) is 11.1. The average molecular weight is 372 g/mol. The molecule has 21 heavy (non-hydrogen) atoms. The molecule has 110 valence electrons. The molecule has 0 saturated heterocycles. The van der Waals surface area contributed by atoms with Gasteiger partial charge in [-0.3, -0.25) is 0 Å². The van der Waals surface area contributed by atoms with Gasteiger partial charge in [0.15, 0.2) is 0 Å². The monoisotopic (exact) mass is 370 g/mol. The van der Waals surface area contributed by atoms with Crippen molar-refractivity contribution in [2.75, 3.05) is 12.4 Å². The Morgan fingerprint density at radius 1 is 1.33 bits per heavy atom. The van der Waals surface area contributed by atoms with Gasteiger partial charge < -0.3 is 10.2 Å². The average Bonchev–Trinajstić information content (AvgIpc) is 2.44. The van der Waals surface area contributed by atoms with E-state index < -0.39 is 0 Å². The molecule has 6 heteroatoms. The smallest absolute Gasteiger partial charge is 0.321 e. The van der Waals surface area contributed by atoms with Crippen molar-refractivity contribution in [1.29, 1.82) is 0 Å². The molecule has 0 fully saturated rings. The highest BCUT2D eigenvalue weighted by atomic mass is 79.9. The predicted molar refractivity (Wildman–Crippen MR) is 86.0 cm³/mol. The molecule has 2 aromatic rings. The molecule has 0 bridgehead atoms. The molecule has 0 aliphatic rings. The first kappa shape index (κ1) is 15.8. The van der Waals surface area contributed by atoms with Crippen molar-refractivity contribution in [2.45, 2.75) is 6.54 Å². The lowest BCUT2D eigenvalue weighted by molar-refractivity contribution is 0.220. The van der Waals surface area contributed by atoms with Gasteiger partial charge in [0.25, 0.3) is 0 Å². The molecular weight excluding hydrogens is 359 g/mol. The molecule has 0 saturated carbocycles. The summed E-state index contributed by atoms with van der Waals surface area (Å²) in [7, 11) is 1.66. The molecule has 0 aliphatic carbocycles. The van der Waals surface area contributed by atoms with Crippen LogP contribution in [0.1, 0.15) is 5.56 Å². The number of halogens is 3. The van der Waals surface area contributed by atoms with Crippen LogP contribution in [0.25, 0.3) is 0 Å². The van der Waals surface area contributed by atoms with Crippen LogP contribution in [0.2, 0.25) is 5.02 Å². The highest BCUT2D eigenvalue weighted by Gasteiger charge is 2.12. The van der Waals surface area contributed by atoms with Crippen molar-refractivity contribution in [3.8, 4) is 0 Å². The molecule has 0 aromatic heterocycles. The highest BCUT2D eigenvalue weighted by molar-refractivity contribution is 9.10. The molecule has 0 aliphatic heterocycles. The predicted octanol–water partition coefficient (Wildman–Crippen LogP) is 4.91. The van der Waals surface area contributed by atoms with Crippen LogP contribution in [-0.2, 0) is 6.54 Å². The van der Waals surface area contributed by atoms with Gasteiger partial charge in [-0.1, -0.05) is 29.8 Å². The van der Waals surface area contributed by atoms with Crippen LogP contribution in [0, 0.1) is 5.82 Å². The molecule has 0 spiro atoms. The second-order valence-electron chi connectivity index (χ2n) is 4.50. The lowest BCUT2D eigenvalue weighted by Crippen LogP contribution is -2.31. The van der Waals surface area contributed by atoms with E-state index in [1.165, 1.54) is 23.1 Å². The summed E-state index contributed by atoms with van der Waals surface area (Å²) in [5.41, 5.74) is 1.36. The molecule has 0 heterocycles. The molecule has 2 amide bonds. The van der Waals surface area contributed by atoms with Crippen molar-refractivity contribution < 1.29 is 9.18 Å². The number of rotatable bonds is 3. The van der Waals surface area contributed by atoms with Crippen molar-refractivity contribution in [3.05, 3.63) is 63.3 Å². The Kier molecular flexibility index (Phi) is 5.20. The number of anilines is 1. The third-order valence-electron chi connectivity index (χ3n) is 2.88. The summed E-state index contributed by atoms with van der Waals surface area (Å²) < 4.78 is 13.5. The minimum Gasteiger partial charge on any atom is -0.323 e. The summed E-state index contributed by atoms with van der Waals surface area (Å²) in [5.74, 6) is -0.371. The van der Waals surface area contributed by atoms with E-state index in [2.05, 4.69) is 21.2 Å². The number of amides is 2. The van der Waals surface area contributed by atoms with Crippen molar-refractivity contribution >= 4 is 39.2 Å². The zero-order valence-electron chi connectivity index (χ0n) is 11.2. The number of urea groups is 1. The number of carbonyl (C=O) groups excluding carboxylic acids is 1. The quantitative estimate of drug-likeness (QED) is 0.817. The largest absolute Gasteiger partial charge is 0.323 e. The molecule has 0 unspecified atom stereocenters. The molecule has 0 atom stereocenters. The van der Waals surface area contributed by atoms with Gasteiger partial charge in [-0.25, -0.2) is 9.18 Å².